The smallest absolute Gasteiger partial charge is 0.245 e. The summed E-state index contributed by atoms with van der Waals surface area (Å²) in [6.07, 6.45) is 0.799. The molecule has 1 aromatic carbocycles. The summed E-state index contributed by atoms with van der Waals surface area (Å²) in [5, 5.41) is 0. The van der Waals surface area contributed by atoms with Gasteiger partial charge in [0.2, 0.25) is 5.91 Å². The molecule has 1 amide bonds. The summed E-state index contributed by atoms with van der Waals surface area (Å²) in [7, 11) is 1.88. The Morgan fingerprint density at radius 1 is 1.42 bits per heavy atom. The number of hydrogen-bond donors (Lipinski definition) is 1. The number of carbonyl (C=O) groups is 1. The summed E-state index contributed by atoms with van der Waals surface area (Å²) in [5.74, 6) is -0.497. The highest BCUT2D eigenvalue weighted by Gasteiger charge is 2.34. The molecule has 1 aliphatic heterocycles. The van der Waals surface area contributed by atoms with Crippen molar-refractivity contribution in [2.45, 2.75) is 25.4 Å². The molecule has 0 saturated carbocycles. The van der Waals surface area contributed by atoms with Crippen LogP contribution in [-0.2, 0) is 4.79 Å². The second kappa shape index (κ2) is 5.67. The second-order valence-corrected chi connectivity index (χ2v) is 5.03. The van der Waals surface area contributed by atoms with E-state index in [0.717, 1.165) is 13.0 Å². The zero-order valence-corrected chi connectivity index (χ0v) is 11.3. The number of carbonyl (C=O) groups excluding carboxylic acids is 1. The molecular weight excluding hydrogens is 245 g/mol. The van der Waals surface area contributed by atoms with E-state index in [2.05, 4.69) is 0 Å². The molecule has 0 aromatic heterocycles. The molecule has 1 fully saturated rings. The molecule has 5 heteroatoms. The molecule has 2 unspecified atom stereocenters. The van der Waals surface area contributed by atoms with E-state index in [-0.39, 0.29) is 30.4 Å². The van der Waals surface area contributed by atoms with Gasteiger partial charge in [-0.25, -0.2) is 4.39 Å². The van der Waals surface area contributed by atoms with E-state index in [1.54, 1.807) is 23.1 Å². The van der Waals surface area contributed by atoms with E-state index >= 15 is 0 Å². The summed E-state index contributed by atoms with van der Waals surface area (Å²) >= 11 is 0. The maximum Gasteiger partial charge on any atom is 0.245 e. The Bertz CT molecular complexity index is 466. The lowest BCUT2D eigenvalue weighted by atomic mass is 10.1. The number of likely N-dealkylation sites (N-methyl/N-ethyl adjacent to an activating group) is 1. The van der Waals surface area contributed by atoms with Crippen LogP contribution in [0.2, 0.25) is 0 Å². The largest absolute Gasteiger partial charge is 0.328 e. The van der Waals surface area contributed by atoms with Gasteiger partial charge in [-0.3, -0.25) is 9.69 Å². The molecule has 1 saturated heterocycles. The Hall–Kier alpha value is -1.46. The maximum atomic E-state index is 13.9. The first kappa shape index (κ1) is 14.0. The van der Waals surface area contributed by atoms with Crippen LogP contribution in [0.3, 0.4) is 0 Å². The van der Waals surface area contributed by atoms with Gasteiger partial charge in [-0.2, -0.15) is 0 Å². The molecular formula is C14H20FN3O. The zero-order valence-electron chi connectivity index (χ0n) is 11.3. The molecule has 2 N–H and O–H groups in total. The highest BCUT2D eigenvalue weighted by molar-refractivity contribution is 5.98. The molecule has 0 aliphatic carbocycles. The number of nitrogens with zero attached hydrogens (tertiary/aromatic N) is 2. The molecule has 1 aromatic rings. The number of nitrogens with two attached hydrogens (primary N) is 1. The summed E-state index contributed by atoms with van der Waals surface area (Å²) < 4.78 is 13.9. The van der Waals surface area contributed by atoms with E-state index in [9.17, 15) is 9.18 Å². The van der Waals surface area contributed by atoms with E-state index in [1.807, 2.05) is 18.9 Å². The Labute approximate surface area is 113 Å². The lowest BCUT2D eigenvalue weighted by Gasteiger charge is -2.30. The second-order valence-electron chi connectivity index (χ2n) is 5.03. The lowest BCUT2D eigenvalue weighted by molar-refractivity contribution is -0.122. The van der Waals surface area contributed by atoms with Crippen molar-refractivity contribution >= 4 is 11.6 Å². The van der Waals surface area contributed by atoms with Gasteiger partial charge >= 0.3 is 0 Å². The van der Waals surface area contributed by atoms with Gasteiger partial charge in [0.15, 0.2) is 0 Å². The normalized spacial score (nSPS) is 25.5. The monoisotopic (exact) mass is 265 g/mol. The van der Waals surface area contributed by atoms with Crippen molar-refractivity contribution in [3.05, 3.63) is 30.1 Å². The third-order valence-corrected chi connectivity index (χ3v) is 3.73. The van der Waals surface area contributed by atoms with Crippen molar-refractivity contribution in [3.63, 3.8) is 0 Å². The van der Waals surface area contributed by atoms with Crippen molar-refractivity contribution in [2.24, 2.45) is 5.73 Å². The molecule has 0 radical (unpaired) electrons. The van der Waals surface area contributed by atoms with Gasteiger partial charge in [0.1, 0.15) is 11.9 Å². The van der Waals surface area contributed by atoms with Gasteiger partial charge < -0.3 is 10.6 Å². The minimum absolute atomic E-state index is 0.0385. The van der Waals surface area contributed by atoms with E-state index in [4.69, 9.17) is 5.73 Å². The number of para-hydroxylation sites is 1. The quantitative estimate of drug-likeness (QED) is 0.874. The Kier molecular flexibility index (Phi) is 4.17. The van der Waals surface area contributed by atoms with Crippen LogP contribution in [0.15, 0.2) is 24.3 Å². The van der Waals surface area contributed by atoms with Gasteiger partial charge in [0, 0.05) is 19.1 Å². The highest BCUT2D eigenvalue weighted by Crippen LogP contribution is 2.26. The number of hydrogen-bond acceptors (Lipinski definition) is 3. The van der Waals surface area contributed by atoms with Crippen molar-refractivity contribution in [3.8, 4) is 0 Å². The fourth-order valence-electron chi connectivity index (χ4n) is 2.53. The zero-order chi connectivity index (χ0) is 14.0. The minimum atomic E-state index is -0.385. The van der Waals surface area contributed by atoms with E-state index in [0.29, 0.717) is 5.69 Å². The minimum Gasteiger partial charge on any atom is -0.328 e. The Balaban J connectivity index is 2.41. The average molecular weight is 265 g/mol. The first-order chi connectivity index (χ1) is 9.06. The fraction of sp³-hybridized carbons (Fsp3) is 0.500. The standard InChI is InChI=1S/C14H20FN3O/c1-10-7-8-17(2)13(9-16)14(19)18(10)12-6-4-3-5-11(12)15/h3-6,10,13H,7-9,16H2,1-2H3. The molecule has 19 heavy (non-hydrogen) atoms. The van der Waals surface area contributed by atoms with Crippen LogP contribution < -0.4 is 10.6 Å². The van der Waals surface area contributed by atoms with Crippen LogP contribution >= 0.6 is 0 Å². The Morgan fingerprint density at radius 2 is 2.11 bits per heavy atom. The lowest BCUT2D eigenvalue weighted by Crippen LogP contribution is -2.50. The fourth-order valence-corrected chi connectivity index (χ4v) is 2.53. The summed E-state index contributed by atoms with van der Waals surface area (Å²) in [4.78, 5) is 16.1. The number of rotatable bonds is 2. The van der Waals surface area contributed by atoms with Gasteiger partial charge in [0.05, 0.1) is 5.69 Å². The third-order valence-electron chi connectivity index (χ3n) is 3.73. The summed E-state index contributed by atoms with van der Waals surface area (Å²) in [6, 6.07) is 5.96. The van der Waals surface area contributed by atoms with Gasteiger partial charge in [-0.15, -0.1) is 0 Å². The average Bonchev–Trinajstić information content (AvgIpc) is 2.49. The predicted octanol–water partition coefficient (Wildman–Crippen LogP) is 1.21. The maximum absolute atomic E-state index is 13.9. The number of halogens is 1. The number of amides is 1. The first-order valence-electron chi connectivity index (χ1n) is 6.54. The van der Waals surface area contributed by atoms with Crippen LogP contribution in [-0.4, -0.2) is 43.0 Å². The summed E-state index contributed by atoms with van der Waals surface area (Å²) in [6.45, 7) is 2.96. The molecule has 4 nitrogen and oxygen atoms in total. The molecule has 0 spiro atoms. The van der Waals surface area contributed by atoms with E-state index < -0.39 is 0 Å². The predicted molar refractivity (Wildman–Crippen MR) is 73.4 cm³/mol. The number of anilines is 1. The van der Waals surface area contributed by atoms with Crippen LogP contribution in [0, 0.1) is 5.82 Å². The van der Waals surface area contributed by atoms with E-state index in [1.165, 1.54) is 6.07 Å². The molecule has 0 bridgehead atoms. The Morgan fingerprint density at radius 3 is 2.74 bits per heavy atom. The molecule has 2 atom stereocenters. The van der Waals surface area contributed by atoms with Gasteiger partial charge in [0.25, 0.3) is 0 Å². The van der Waals surface area contributed by atoms with Crippen molar-refractivity contribution in [1.29, 1.82) is 0 Å². The SMILES string of the molecule is CC1CCN(C)C(CN)C(=O)N1c1ccccc1F. The highest BCUT2D eigenvalue weighted by atomic mass is 19.1. The van der Waals surface area contributed by atoms with Crippen LogP contribution in [0.25, 0.3) is 0 Å². The van der Waals surface area contributed by atoms with Crippen LogP contribution in [0.1, 0.15) is 13.3 Å². The summed E-state index contributed by atoms with van der Waals surface area (Å²) in [5.41, 5.74) is 6.04. The van der Waals surface area contributed by atoms with Gasteiger partial charge in [-0.1, -0.05) is 12.1 Å². The topological polar surface area (TPSA) is 49.6 Å². The molecule has 2 rings (SSSR count). The van der Waals surface area contributed by atoms with Crippen molar-refractivity contribution in [2.75, 3.05) is 25.0 Å². The number of benzene rings is 1. The third kappa shape index (κ3) is 2.62. The van der Waals surface area contributed by atoms with Crippen molar-refractivity contribution in [1.82, 2.24) is 4.90 Å². The van der Waals surface area contributed by atoms with Gasteiger partial charge in [-0.05, 0) is 32.5 Å². The van der Waals surface area contributed by atoms with Crippen LogP contribution in [0.5, 0.6) is 0 Å². The molecule has 1 aliphatic rings. The molecule has 104 valence electrons. The van der Waals surface area contributed by atoms with Crippen LogP contribution in [0.4, 0.5) is 10.1 Å². The first-order valence-corrected chi connectivity index (χ1v) is 6.54. The van der Waals surface area contributed by atoms with Crippen molar-refractivity contribution < 1.29 is 9.18 Å². The molecule has 1 heterocycles.